The number of rotatable bonds is 4. The Morgan fingerprint density at radius 1 is 1.11 bits per heavy atom. The van der Waals surface area contributed by atoms with Gasteiger partial charge in [-0.25, -0.2) is 0 Å². The summed E-state index contributed by atoms with van der Waals surface area (Å²) in [6.07, 6.45) is 1.31. The molecule has 0 aromatic heterocycles. The van der Waals surface area contributed by atoms with Crippen molar-refractivity contribution in [1.82, 2.24) is 0 Å². The molecule has 2 N–H and O–H groups in total. The monoisotopic (exact) mass is 262 g/mol. The molecule has 0 atom stereocenters. The van der Waals surface area contributed by atoms with Crippen molar-refractivity contribution in [3.8, 4) is 0 Å². The molecule has 0 spiro atoms. The normalized spacial score (nSPS) is 10.9. The van der Waals surface area contributed by atoms with E-state index in [9.17, 15) is 9.59 Å². The summed E-state index contributed by atoms with van der Waals surface area (Å²) in [5.74, 6) is -0.0636. The molecule has 4 heteroatoms. The van der Waals surface area contributed by atoms with Crippen molar-refractivity contribution in [2.45, 2.75) is 40.5 Å². The summed E-state index contributed by atoms with van der Waals surface area (Å²) >= 11 is 0. The predicted octanol–water partition coefficient (Wildman–Crippen LogP) is 3.41. The smallest absolute Gasteiger partial charge is 0.229 e. The van der Waals surface area contributed by atoms with Crippen LogP contribution in [0, 0.1) is 5.41 Å². The molecular formula is C15H22N2O2. The molecule has 104 valence electrons. The van der Waals surface area contributed by atoms with Crippen molar-refractivity contribution < 1.29 is 9.59 Å². The molecule has 0 saturated heterocycles. The average molecular weight is 262 g/mol. The fourth-order valence-corrected chi connectivity index (χ4v) is 1.44. The van der Waals surface area contributed by atoms with Gasteiger partial charge in [-0.05, 0) is 24.6 Å². The highest BCUT2D eigenvalue weighted by Gasteiger charge is 2.21. The molecule has 2 amide bonds. The molecule has 0 bridgehead atoms. The molecule has 1 aromatic carbocycles. The summed E-state index contributed by atoms with van der Waals surface area (Å²) in [7, 11) is 0. The quantitative estimate of drug-likeness (QED) is 0.873. The maximum absolute atomic E-state index is 11.9. The molecule has 0 fully saturated rings. The standard InChI is InChI=1S/C15H22N2O2/c1-5-7-13(18)16-11-8-6-9-12(10-11)17-14(19)15(2,3)4/h6,8-10H,5,7H2,1-4H3,(H,16,18)(H,17,19). The number of hydrogen-bond donors (Lipinski definition) is 2. The topological polar surface area (TPSA) is 58.2 Å². The van der Waals surface area contributed by atoms with Crippen LogP contribution in [0.4, 0.5) is 11.4 Å². The molecule has 0 aliphatic rings. The molecule has 0 unspecified atom stereocenters. The average Bonchev–Trinajstić information content (AvgIpc) is 2.28. The number of anilines is 2. The summed E-state index contributed by atoms with van der Waals surface area (Å²) in [4.78, 5) is 23.4. The highest BCUT2D eigenvalue weighted by Crippen LogP contribution is 2.20. The third kappa shape index (κ3) is 5.12. The van der Waals surface area contributed by atoms with E-state index in [1.807, 2.05) is 27.7 Å². The second-order valence-corrected chi connectivity index (χ2v) is 5.58. The number of amides is 2. The lowest BCUT2D eigenvalue weighted by molar-refractivity contribution is -0.123. The van der Waals surface area contributed by atoms with E-state index in [1.165, 1.54) is 0 Å². The van der Waals surface area contributed by atoms with Crippen LogP contribution in [-0.4, -0.2) is 11.8 Å². The van der Waals surface area contributed by atoms with Crippen molar-refractivity contribution >= 4 is 23.2 Å². The Kier molecular flexibility index (Phi) is 5.10. The maximum atomic E-state index is 11.9. The lowest BCUT2D eigenvalue weighted by Gasteiger charge is -2.18. The Labute approximate surface area is 114 Å². The second-order valence-electron chi connectivity index (χ2n) is 5.58. The zero-order valence-corrected chi connectivity index (χ0v) is 12.0. The second kappa shape index (κ2) is 6.36. The molecule has 1 aromatic rings. The Balaban J connectivity index is 2.72. The molecule has 4 nitrogen and oxygen atoms in total. The number of carbonyl (C=O) groups is 2. The first kappa shape index (κ1) is 15.2. The zero-order chi connectivity index (χ0) is 14.5. The summed E-state index contributed by atoms with van der Waals surface area (Å²) in [6, 6.07) is 7.18. The van der Waals surface area contributed by atoms with Crippen molar-refractivity contribution in [3.63, 3.8) is 0 Å². The molecule has 0 aliphatic carbocycles. The van der Waals surface area contributed by atoms with Crippen LogP contribution in [0.2, 0.25) is 0 Å². The highest BCUT2D eigenvalue weighted by molar-refractivity contribution is 5.96. The van der Waals surface area contributed by atoms with Crippen LogP contribution < -0.4 is 10.6 Å². The highest BCUT2D eigenvalue weighted by atomic mass is 16.2. The van der Waals surface area contributed by atoms with Gasteiger partial charge in [0.1, 0.15) is 0 Å². The van der Waals surface area contributed by atoms with Gasteiger partial charge in [0.05, 0.1) is 0 Å². The zero-order valence-electron chi connectivity index (χ0n) is 12.0. The fraction of sp³-hybridized carbons (Fsp3) is 0.467. The summed E-state index contributed by atoms with van der Waals surface area (Å²) < 4.78 is 0. The van der Waals surface area contributed by atoms with Crippen LogP contribution in [0.1, 0.15) is 40.5 Å². The first-order valence-electron chi connectivity index (χ1n) is 6.54. The number of carbonyl (C=O) groups excluding carboxylic acids is 2. The largest absolute Gasteiger partial charge is 0.326 e. The van der Waals surface area contributed by atoms with Crippen LogP contribution in [0.5, 0.6) is 0 Å². The van der Waals surface area contributed by atoms with Crippen molar-refractivity contribution in [1.29, 1.82) is 0 Å². The third-order valence-corrected chi connectivity index (χ3v) is 2.56. The van der Waals surface area contributed by atoms with Crippen LogP contribution in [0.25, 0.3) is 0 Å². The Bertz CT molecular complexity index is 461. The van der Waals surface area contributed by atoms with Gasteiger partial charge in [0, 0.05) is 23.2 Å². The summed E-state index contributed by atoms with van der Waals surface area (Å²) in [5.41, 5.74) is 0.945. The van der Waals surface area contributed by atoms with Gasteiger partial charge in [-0.3, -0.25) is 9.59 Å². The van der Waals surface area contributed by atoms with Gasteiger partial charge < -0.3 is 10.6 Å². The van der Waals surface area contributed by atoms with E-state index in [4.69, 9.17) is 0 Å². The first-order chi connectivity index (χ1) is 8.82. The Hall–Kier alpha value is -1.84. The molecule has 0 saturated carbocycles. The van der Waals surface area contributed by atoms with Crippen molar-refractivity contribution in [3.05, 3.63) is 24.3 Å². The maximum Gasteiger partial charge on any atom is 0.229 e. The first-order valence-corrected chi connectivity index (χ1v) is 6.54. The van der Waals surface area contributed by atoms with Crippen LogP contribution in [0.15, 0.2) is 24.3 Å². The van der Waals surface area contributed by atoms with Gasteiger partial charge in [-0.15, -0.1) is 0 Å². The van der Waals surface area contributed by atoms with Gasteiger partial charge in [-0.2, -0.15) is 0 Å². The molecule has 0 aliphatic heterocycles. The summed E-state index contributed by atoms with van der Waals surface area (Å²) in [6.45, 7) is 7.53. The van der Waals surface area contributed by atoms with E-state index < -0.39 is 5.41 Å². The minimum Gasteiger partial charge on any atom is -0.326 e. The minimum absolute atomic E-state index is 0.0122. The molecule has 0 heterocycles. The third-order valence-electron chi connectivity index (χ3n) is 2.56. The fourth-order valence-electron chi connectivity index (χ4n) is 1.44. The van der Waals surface area contributed by atoms with Crippen molar-refractivity contribution in [2.24, 2.45) is 5.41 Å². The van der Waals surface area contributed by atoms with E-state index in [0.717, 1.165) is 6.42 Å². The Morgan fingerprint density at radius 3 is 2.21 bits per heavy atom. The van der Waals surface area contributed by atoms with Crippen LogP contribution >= 0.6 is 0 Å². The molecule has 19 heavy (non-hydrogen) atoms. The predicted molar refractivity (Wildman–Crippen MR) is 78.1 cm³/mol. The molecule has 1 rings (SSSR count). The SMILES string of the molecule is CCCC(=O)Nc1cccc(NC(=O)C(C)(C)C)c1. The van der Waals surface area contributed by atoms with Crippen molar-refractivity contribution in [2.75, 3.05) is 10.6 Å². The minimum atomic E-state index is -0.443. The lowest BCUT2D eigenvalue weighted by atomic mass is 9.95. The van der Waals surface area contributed by atoms with Gasteiger partial charge in [-0.1, -0.05) is 33.8 Å². The van der Waals surface area contributed by atoms with E-state index >= 15 is 0 Å². The van der Waals surface area contributed by atoms with E-state index in [2.05, 4.69) is 10.6 Å². The van der Waals surface area contributed by atoms with E-state index in [-0.39, 0.29) is 11.8 Å². The van der Waals surface area contributed by atoms with Gasteiger partial charge in [0.2, 0.25) is 11.8 Å². The lowest BCUT2D eigenvalue weighted by Crippen LogP contribution is -2.27. The van der Waals surface area contributed by atoms with Gasteiger partial charge >= 0.3 is 0 Å². The number of hydrogen-bond acceptors (Lipinski definition) is 2. The Morgan fingerprint density at radius 2 is 1.68 bits per heavy atom. The van der Waals surface area contributed by atoms with Crippen LogP contribution in [0.3, 0.4) is 0 Å². The van der Waals surface area contributed by atoms with Gasteiger partial charge in [0.15, 0.2) is 0 Å². The van der Waals surface area contributed by atoms with Crippen LogP contribution in [-0.2, 0) is 9.59 Å². The molecule has 0 radical (unpaired) electrons. The van der Waals surface area contributed by atoms with Gasteiger partial charge in [0.25, 0.3) is 0 Å². The molecular weight excluding hydrogens is 240 g/mol. The number of nitrogens with one attached hydrogen (secondary N) is 2. The summed E-state index contributed by atoms with van der Waals surface area (Å²) in [5, 5.41) is 5.64. The van der Waals surface area contributed by atoms with E-state index in [1.54, 1.807) is 24.3 Å². The van der Waals surface area contributed by atoms with E-state index in [0.29, 0.717) is 17.8 Å². The number of benzene rings is 1.